The first-order chi connectivity index (χ1) is 14.0. The molecule has 1 aromatic carbocycles. The van der Waals surface area contributed by atoms with Gasteiger partial charge in [0.25, 0.3) is 0 Å². The highest BCUT2D eigenvalue weighted by Crippen LogP contribution is 2.66. The molecule has 1 aliphatic heterocycles. The van der Waals surface area contributed by atoms with Crippen LogP contribution in [0.5, 0.6) is 0 Å². The zero-order valence-corrected chi connectivity index (χ0v) is 19.4. The number of carbonyl (C=O) groups excluding carboxylic acids is 1. The van der Waals surface area contributed by atoms with Crippen LogP contribution in [0.2, 0.25) is 0 Å². The molecule has 1 aromatic rings. The lowest BCUT2D eigenvalue weighted by Gasteiger charge is -2.66. The Morgan fingerprint density at radius 1 is 1.00 bits per heavy atom. The van der Waals surface area contributed by atoms with E-state index in [1.54, 1.807) is 0 Å². The third-order valence-corrected chi connectivity index (χ3v) is 9.02. The molecule has 0 N–H and O–H groups in total. The first-order valence-corrected chi connectivity index (χ1v) is 11.6. The fraction of sp³-hybridized carbons (Fsp3) is 0.667. The molecule has 3 nitrogen and oxygen atoms in total. The van der Waals surface area contributed by atoms with E-state index in [4.69, 9.17) is 9.47 Å². The van der Waals surface area contributed by atoms with Gasteiger partial charge in [-0.1, -0.05) is 45.0 Å². The van der Waals surface area contributed by atoms with Crippen LogP contribution < -0.4 is 0 Å². The van der Waals surface area contributed by atoms with Gasteiger partial charge in [-0.15, -0.1) is 6.58 Å². The standard InChI is InChI=1S/C27H38O3/c1-7-25(4)16-13-21-26(5)17-15-22(29-23(28)19-11-9-8-10-12-19)24(2,3)20(26)14-18-27(21,6)30-25/h7-12,20-22H,1,13-18H2,2-6H3/t20-,21+,22-,25+,26-,27+/m1/s1. The molecular formula is C27H38O3. The van der Waals surface area contributed by atoms with E-state index >= 15 is 0 Å². The van der Waals surface area contributed by atoms with Gasteiger partial charge < -0.3 is 9.47 Å². The zero-order valence-electron chi connectivity index (χ0n) is 19.4. The third-order valence-electron chi connectivity index (χ3n) is 9.02. The highest BCUT2D eigenvalue weighted by molar-refractivity contribution is 5.89. The SMILES string of the molecule is C=C[C@@]1(C)CC[C@H]2[C@]3(C)CC[C@@H](OC(=O)c4ccccc4)C(C)(C)[C@H]3CC[C@]2(C)O1. The monoisotopic (exact) mass is 410 g/mol. The van der Waals surface area contributed by atoms with Crippen LogP contribution in [0, 0.1) is 22.7 Å². The van der Waals surface area contributed by atoms with E-state index in [-0.39, 0.29) is 34.1 Å². The topological polar surface area (TPSA) is 35.5 Å². The molecule has 0 bridgehead atoms. The van der Waals surface area contributed by atoms with Crippen LogP contribution in [0.25, 0.3) is 0 Å². The van der Waals surface area contributed by atoms with Gasteiger partial charge in [-0.2, -0.15) is 0 Å². The molecular weight excluding hydrogens is 372 g/mol. The molecule has 3 heteroatoms. The number of hydrogen-bond acceptors (Lipinski definition) is 3. The molecule has 1 heterocycles. The molecule has 0 aromatic heterocycles. The third kappa shape index (κ3) is 3.34. The fourth-order valence-electron chi connectivity index (χ4n) is 7.38. The van der Waals surface area contributed by atoms with Crippen molar-refractivity contribution in [2.45, 2.75) is 90.4 Å². The molecule has 30 heavy (non-hydrogen) atoms. The van der Waals surface area contributed by atoms with Crippen molar-refractivity contribution < 1.29 is 14.3 Å². The fourth-order valence-corrected chi connectivity index (χ4v) is 7.38. The number of benzene rings is 1. The van der Waals surface area contributed by atoms with Crippen molar-refractivity contribution in [2.75, 3.05) is 0 Å². The average molecular weight is 411 g/mol. The van der Waals surface area contributed by atoms with Crippen LogP contribution in [0.3, 0.4) is 0 Å². The van der Waals surface area contributed by atoms with Gasteiger partial charge in [0, 0.05) is 5.41 Å². The molecule has 2 aliphatic carbocycles. The lowest BCUT2D eigenvalue weighted by molar-refractivity contribution is -0.262. The minimum atomic E-state index is -0.216. The minimum Gasteiger partial charge on any atom is -0.458 e. The van der Waals surface area contributed by atoms with Gasteiger partial charge in [0.05, 0.1) is 16.8 Å². The second-order valence-electron chi connectivity index (χ2n) is 11.2. The van der Waals surface area contributed by atoms with E-state index < -0.39 is 0 Å². The molecule has 0 spiro atoms. The number of fused-ring (bicyclic) bond motifs is 3. The Labute approximate surface area is 182 Å². The van der Waals surface area contributed by atoms with Gasteiger partial charge in [0.2, 0.25) is 0 Å². The second kappa shape index (κ2) is 7.22. The number of rotatable bonds is 3. The summed E-state index contributed by atoms with van der Waals surface area (Å²) in [6.45, 7) is 15.7. The van der Waals surface area contributed by atoms with E-state index in [1.165, 1.54) is 6.42 Å². The maximum Gasteiger partial charge on any atom is 0.338 e. The van der Waals surface area contributed by atoms with E-state index in [1.807, 2.05) is 36.4 Å². The van der Waals surface area contributed by atoms with E-state index in [9.17, 15) is 4.79 Å². The summed E-state index contributed by atoms with van der Waals surface area (Å²) in [4.78, 5) is 12.8. The van der Waals surface area contributed by atoms with Crippen molar-refractivity contribution in [3.63, 3.8) is 0 Å². The molecule has 164 valence electrons. The number of hydrogen-bond donors (Lipinski definition) is 0. The smallest absolute Gasteiger partial charge is 0.338 e. The molecule has 0 unspecified atom stereocenters. The van der Waals surface area contributed by atoms with E-state index in [0.29, 0.717) is 17.4 Å². The average Bonchev–Trinajstić information content (AvgIpc) is 2.70. The first-order valence-electron chi connectivity index (χ1n) is 11.6. The zero-order chi connectivity index (χ0) is 21.8. The van der Waals surface area contributed by atoms with Crippen molar-refractivity contribution in [2.24, 2.45) is 22.7 Å². The van der Waals surface area contributed by atoms with Crippen molar-refractivity contribution in [3.05, 3.63) is 48.6 Å². The number of esters is 1. The van der Waals surface area contributed by atoms with Gasteiger partial charge in [0.1, 0.15) is 6.10 Å². The van der Waals surface area contributed by atoms with Gasteiger partial charge >= 0.3 is 5.97 Å². The van der Waals surface area contributed by atoms with Gasteiger partial charge in [-0.3, -0.25) is 0 Å². The lowest BCUT2D eigenvalue weighted by Crippen LogP contribution is -2.64. The molecule has 4 rings (SSSR count). The summed E-state index contributed by atoms with van der Waals surface area (Å²) in [7, 11) is 0. The number of ether oxygens (including phenoxy) is 2. The predicted molar refractivity (Wildman–Crippen MR) is 120 cm³/mol. The summed E-state index contributed by atoms with van der Waals surface area (Å²) >= 11 is 0. The highest BCUT2D eigenvalue weighted by Gasteiger charge is 2.63. The maximum absolute atomic E-state index is 12.8. The summed E-state index contributed by atoms with van der Waals surface area (Å²) in [6.07, 6.45) is 8.34. The summed E-state index contributed by atoms with van der Waals surface area (Å²) in [6, 6.07) is 9.38. The minimum absolute atomic E-state index is 0.0458. The molecule has 2 saturated carbocycles. The van der Waals surface area contributed by atoms with E-state index in [0.717, 1.165) is 32.1 Å². The quantitative estimate of drug-likeness (QED) is 0.417. The molecule has 0 amide bonds. The molecule has 3 fully saturated rings. The first kappa shape index (κ1) is 21.6. The Morgan fingerprint density at radius 2 is 1.67 bits per heavy atom. The van der Waals surface area contributed by atoms with Crippen molar-refractivity contribution in [3.8, 4) is 0 Å². The van der Waals surface area contributed by atoms with Crippen molar-refractivity contribution >= 4 is 5.97 Å². The molecule has 1 saturated heterocycles. The molecule has 3 aliphatic rings. The normalized spacial score (nSPS) is 42.5. The summed E-state index contributed by atoms with van der Waals surface area (Å²) < 4.78 is 12.9. The Bertz CT molecular complexity index is 815. The molecule has 6 atom stereocenters. The van der Waals surface area contributed by atoms with Crippen LogP contribution >= 0.6 is 0 Å². The summed E-state index contributed by atoms with van der Waals surface area (Å²) in [5.41, 5.74) is 0.469. The van der Waals surface area contributed by atoms with Crippen molar-refractivity contribution in [1.82, 2.24) is 0 Å². The van der Waals surface area contributed by atoms with Crippen LogP contribution in [0.15, 0.2) is 43.0 Å². The summed E-state index contributed by atoms with van der Waals surface area (Å²) in [5.74, 6) is 0.851. The van der Waals surface area contributed by atoms with Gasteiger partial charge in [0.15, 0.2) is 0 Å². The highest BCUT2D eigenvalue weighted by atomic mass is 16.5. The van der Waals surface area contributed by atoms with Crippen LogP contribution in [-0.4, -0.2) is 23.3 Å². The maximum atomic E-state index is 12.8. The molecule has 0 radical (unpaired) electrons. The Kier molecular flexibility index (Phi) is 5.20. The second-order valence-corrected chi connectivity index (χ2v) is 11.2. The Balaban J connectivity index is 1.56. The van der Waals surface area contributed by atoms with Gasteiger partial charge in [-0.05, 0) is 81.8 Å². The number of carbonyl (C=O) groups is 1. The van der Waals surface area contributed by atoms with Crippen LogP contribution in [-0.2, 0) is 9.47 Å². The van der Waals surface area contributed by atoms with E-state index in [2.05, 4.69) is 41.2 Å². The predicted octanol–water partition coefficient (Wildman–Crippen LogP) is 6.58. The largest absolute Gasteiger partial charge is 0.458 e. The Morgan fingerprint density at radius 3 is 2.33 bits per heavy atom. The van der Waals surface area contributed by atoms with Crippen LogP contribution in [0.1, 0.15) is 83.5 Å². The Hall–Kier alpha value is -1.61. The lowest BCUT2D eigenvalue weighted by atomic mass is 9.44. The van der Waals surface area contributed by atoms with Crippen LogP contribution in [0.4, 0.5) is 0 Å². The van der Waals surface area contributed by atoms with Crippen molar-refractivity contribution in [1.29, 1.82) is 0 Å². The van der Waals surface area contributed by atoms with Gasteiger partial charge in [-0.25, -0.2) is 4.79 Å². The summed E-state index contributed by atoms with van der Waals surface area (Å²) in [5, 5.41) is 0.